The van der Waals surface area contributed by atoms with Gasteiger partial charge in [0.05, 0.1) is 14.2 Å². The molecule has 1 heterocycles. The van der Waals surface area contributed by atoms with Crippen molar-refractivity contribution in [1.82, 2.24) is 4.72 Å². The highest BCUT2D eigenvalue weighted by Crippen LogP contribution is 2.28. The molecule has 1 N–H and O–H groups in total. The summed E-state index contributed by atoms with van der Waals surface area (Å²) in [5.41, 5.74) is 0. The van der Waals surface area contributed by atoms with Gasteiger partial charge in [0.2, 0.25) is 10.0 Å². The van der Waals surface area contributed by atoms with Crippen LogP contribution in [-0.4, -0.2) is 22.6 Å². The van der Waals surface area contributed by atoms with E-state index in [-0.39, 0.29) is 17.2 Å². The number of nitrogens with one attached hydrogen (secondary N) is 1. The van der Waals surface area contributed by atoms with E-state index in [1.165, 1.54) is 20.3 Å². The Morgan fingerprint density at radius 1 is 1.14 bits per heavy atom. The number of thiophene rings is 1. The van der Waals surface area contributed by atoms with Gasteiger partial charge < -0.3 is 9.47 Å². The quantitative estimate of drug-likeness (QED) is 0.885. The molecule has 5 nitrogen and oxygen atoms in total. The van der Waals surface area contributed by atoms with E-state index in [1.807, 2.05) is 19.1 Å². The standard InChI is InChI=1S/C14H17NO4S2/c1-10-4-6-12(20-10)9-15-21(16,17)14-8-11(18-2)5-7-13(14)19-3/h4-8,15H,9H2,1-3H3. The summed E-state index contributed by atoms with van der Waals surface area (Å²) in [4.78, 5) is 2.17. The molecule has 0 spiro atoms. The lowest BCUT2D eigenvalue weighted by molar-refractivity contribution is 0.392. The normalized spacial score (nSPS) is 11.4. The Morgan fingerprint density at radius 2 is 1.90 bits per heavy atom. The van der Waals surface area contributed by atoms with Gasteiger partial charge in [-0.1, -0.05) is 0 Å². The highest BCUT2D eigenvalue weighted by atomic mass is 32.2. The number of hydrogen-bond acceptors (Lipinski definition) is 5. The van der Waals surface area contributed by atoms with E-state index >= 15 is 0 Å². The van der Waals surface area contributed by atoms with Crippen molar-refractivity contribution in [3.8, 4) is 11.5 Å². The first kappa shape index (κ1) is 15.8. The average Bonchev–Trinajstić information content (AvgIpc) is 2.90. The lowest BCUT2D eigenvalue weighted by Crippen LogP contribution is -2.23. The molecule has 0 unspecified atom stereocenters. The van der Waals surface area contributed by atoms with Gasteiger partial charge >= 0.3 is 0 Å². The maximum atomic E-state index is 12.4. The van der Waals surface area contributed by atoms with E-state index in [0.29, 0.717) is 5.75 Å². The Balaban J connectivity index is 2.26. The number of methoxy groups -OCH3 is 2. The highest BCUT2D eigenvalue weighted by molar-refractivity contribution is 7.89. The molecule has 0 aliphatic rings. The van der Waals surface area contributed by atoms with Crippen molar-refractivity contribution >= 4 is 21.4 Å². The van der Waals surface area contributed by atoms with Gasteiger partial charge in [-0.2, -0.15) is 0 Å². The first-order valence-corrected chi connectivity index (χ1v) is 8.53. The number of sulfonamides is 1. The van der Waals surface area contributed by atoms with Crippen LogP contribution in [0.25, 0.3) is 0 Å². The average molecular weight is 327 g/mol. The van der Waals surface area contributed by atoms with Gasteiger partial charge in [0.1, 0.15) is 16.4 Å². The van der Waals surface area contributed by atoms with Crippen LogP contribution in [0, 0.1) is 6.92 Å². The maximum absolute atomic E-state index is 12.4. The van der Waals surface area contributed by atoms with E-state index < -0.39 is 10.0 Å². The van der Waals surface area contributed by atoms with Crippen molar-refractivity contribution in [3.63, 3.8) is 0 Å². The molecule has 114 valence electrons. The molecule has 0 aliphatic heterocycles. The van der Waals surface area contributed by atoms with Crippen molar-refractivity contribution in [2.24, 2.45) is 0 Å². The van der Waals surface area contributed by atoms with Crippen molar-refractivity contribution in [2.75, 3.05) is 14.2 Å². The number of ether oxygens (including phenoxy) is 2. The van der Waals surface area contributed by atoms with Crippen molar-refractivity contribution in [2.45, 2.75) is 18.4 Å². The molecule has 0 atom stereocenters. The second-order valence-corrected chi connectivity index (χ2v) is 7.46. The van der Waals surface area contributed by atoms with Crippen LogP contribution >= 0.6 is 11.3 Å². The summed E-state index contributed by atoms with van der Waals surface area (Å²) in [6.45, 7) is 2.23. The molecule has 0 fully saturated rings. The Labute approximate surface area is 128 Å². The zero-order valence-corrected chi connectivity index (χ0v) is 13.7. The molecule has 0 amide bonds. The van der Waals surface area contributed by atoms with Crippen LogP contribution in [0.4, 0.5) is 0 Å². The molecule has 0 aliphatic carbocycles. The lowest BCUT2D eigenvalue weighted by Gasteiger charge is -2.11. The van der Waals surface area contributed by atoms with Crippen molar-refractivity contribution < 1.29 is 17.9 Å². The number of hydrogen-bond donors (Lipinski definition) is 1. The van der Waals surface area contributed by atoms with Crippen LogP contribution in [0.5, 0.6) is 11.5 Å². The molecule has 0 radical (unpaired) electrons. The first-order chi connectivity index (χ1) is 9.96. The SMILES string of the molecule is COc1ccc(OC)c(S(=O)(=O)NCc2ccc(C)s2)c1. The van der Waals surface area contributed by atoms with Crippen molar-refractivity contribution in [1.29, 1.82) is 0 Å². The second kappa shape index (κ2) is 6.46. The number of benzene rings is 1. The molecular weight excluding hydrogens is 310 g/mol. The third kappa shape index (κ3) is 3.75. The van der Waals surface area contributed by atoms with Gasteiger partial charge in [0.25, 0.3) is 0 Å². The molecule has 0 saturated heterocycles. The van der Waals surface area contributed by atoms with Gasteiger partial charge in [-0.15, -0.1) is 11.3 Å². The van der Waals surface area contributed by atoms with E-state index in [4.69, 9.17) is 9.47 Å². The Morgan fingerprint density at radius 3 is 2.48 bits per heavy atom. The second-order valence-electron chi connectivity index (χ2n) is 4.35. The summed E-state index contributed by atoms with van der Waals surface area (Å²) < 4.78 is 37.6. The third-order valence-corrected chi connectivity index (χ3v) is 5.32. The fraction of sp³-hybridized carbons (Fsp3) is 0.286. The molecule has 1 aromatic heterocycles. The molecule has 2 aromatic rings. The zero-order valence-electron chi connectivity index (χ0n) is 12.0. The summed E-state index contributed by atoms with van der Waals surface area (Å²) in [6, 6.07) is 8.54. The number of aryl methyl sites for hydroxylation is 1. The summed E-state index contributed by atoms with van der Waals surface area (Å²) in [5, 5.41) is 0. The summed E-state index contributed by atoms with van der Waals surface area (Å²) >= 11 is 1.56. The fourth-order valence-electron chi connectivity index (χ4n) is 1.82. The van der Waals surface area contributed by atoms with Gasteiger partial charge in [-0.05, 0) is 31.2 Å². The Kier molecular flexibility index (Phi) is 4.87. The van der Waals surface area contributed by atoms with Crippen LogP contribution in [-0.2, 0) is 16.6 Å². The highest BCUT2D eigenvalue weighted by Gasteiger charge is 2.20. The Hall–Kier alpha value is -1.57. The van der Waals surface area contributed by atoms with Crippen LogP contribution in [0.2, 0.25) is 0 Å². The minimum Gasteiger partial charge on any atom is -0.497 e. The Bertz CT molecular complexity index is 722. The third-order valence-electron chi connectivity index (χ3n) is 2.89. The first-order valence-electron chi connectivity index (χ1n) is 6.23. The minimum absolute atomic E-state index is 0.0672. The minimum atomic E-state index is -3.67. The van der Waals surface area contributed by atoms with E-state index in [0.717, 1.165) is 9.75 Å². The topological polar surface area (TPSA) is 64.6 Å². The fourth-order valence-corrected chi connectivity index (χ4v) is 3.93. The van der Waals surface area contributed by atoms with E-state index in [9.17, 15) is 8.42 Å². The molecule has 0 saturated carbocycles. The van der Waals surface area contributed by atoms with Gasteiger partial charge in [-0.25, -0.2) is 13.1 Å². The molecule has 7 heteroatoms. The van der Waals surface area contributed by atoms with E-state index in [1.54, 1.807) is 23.5 Å². The van der Waals surface area contributed by atoms with Crippen LogP contribution in [0.1, 0.15) is 9.75 Å². The van der Waals surface area contributed by atoms with Gasteiger partial charge in [0, 0.05) is 22.4 Å². The summed E-state index contributed by atoms with van der Waals surface area (Å²) in [7, 11) is -0.753. The van der Waals surface area contributed by atoms with Gasteiger partial charge in [-0.3, -0.25) is 0 Å². The van der Waals surface area contributed by atoms with Crippen LogP contribution in [0.15, 0.2) is 35.2 Å². The molecule has 1 aromatic carbocycles. The summed E-state index contributed by atoms with van der Waals surface area (Å²) in [5.74, 6) is 0.744. The largest absolute Gasteiger partial charge is 0.497 e. The van der Waals surface area contributed by atoms with E-state index in [2.05, 4.69) is 4.72 Å². The van der Waals surface area contributed by atoms with Gasteiger partial charge in [0.15, 0.2) is 0 Å². The predicted molar refractivity (Wildman–Crippen MR) is 82.6 cm³/mol. The van der Waals surface area contributed by atoms with Crippen molar-refractivity contribution in [3.05, 3.63) is 40.1 Å². The molecular formula is C14H17NO4S2. The summed E-state index contributed by atoms with van der Waals surface area (Å²) in [6.07, 6.45) is 0. The molecule has 0 bridgehead atoms. The monoisotopic (exact) mass is 327 g/mol. The zero-order chi connectivity index (χ0) is 15.5. The predicted octanol–water partition coefficient (Wildman–Crippen LogP) is 2.55. The van der Waals surface area contributed by atoms with Crippen LogP contribution in [0.3, 0.4) is 0 Å². The number of rotatable bonds is 6. The smallest absolute Gasteiger partial charge is 0.244 e. The van der Waals surface area contributed by atoms with Crippen LogP contribution < -0.4 is 14.2 Å². The maximum Gasteiger partial charge on any atom is 0.244 e. The molecule has 2 rings (SSSR count). The molecule has 21 heavy (non-hydrogen) atoms. The lowest BCUT2D eigenvalue weighted by atomic mass is 10.3.